The molecule has 0 rings (SSSR count). The van der Waals surface area contributed by atoms with Crippen molar-refractivity contribution in [2.45, 2.75) is 71.1 Å². The average Bonchev–Trinajstić information content (AvgIpc) is 2.25. The van der Waals surface area contributed by atoms with Crippen molar-refractivity contribution in [1.29, 1.82) is 0 Å². The van der Waals surface area contributed by atoms with Crippen LogP contribution >= 0.6 is 0 Å². The minimum absolute atomic E-state index is 0. The predicted octanol–water partition coefficient (Wildman–Crippen LogP) is 4.55. The van der Waals surface area contributed by atoms with Crippen molar-refractivity contribution >= 4 is 5.97 Å². The fraction of sp³-hybridized carbons (Fsp3) is 0.786. The number of rotatable bonds is 11. The Morgan fingerprint density at radius 2 is 1.47 bits per heavy atom. The Bertz CT molecular complexity index is 191. The summed E-state index contributed by atoms with van der Waals surface area (Å²) in [6.45, 7) is 2.21. The molecule has 0 saturated heterocycles. The number of hydrogen-bond acceptors (Lipinski definition) is 1. The van der Waals surface area contributed by atoms with E-state index in [-0.39, 0.29) is 40.8 Å². The third-order valence-electron chi connectivity index (χ3n) is 2.65. The van der Waals surface area contributed by atoms with Crippen LogP contribution in [0.5, 0.6) is 0 Å². The molecule has 0 aliphatic heterocycles. The van der Waals surface area contributed by atoms with Gasteiger partial charge in [-0.05, 0) is 25.7 Å². The quantitative estimate of drug-likeness (QED) is 0.428. The van der Waals surface area contributed by atoms with Gasteiger partial charge in [-0.2, -0.15) is 0 Å². The monoisotopic (exact) mass is 368 g/mol. The Morgan fingerprint density at radius 3 is 2.06 bits per heavy atom. The van der Waals surface area contributed by atoms with Crippen molar-refractivity contribution in [1.82, 2.24) is 0 Å². The van der Waals surface area contributed by atoms with Crippen LogP contribution in [0.1, 0.15) is 71.1 Å². The van der Waals surface area contributed by atoms with Gasteiger partial charge in [0.1, 0.15) is 0 Å². The van der Waals surface area contributed by atoms with Crippen molar-refractivity contribution in [2.24, 2.45) is 0 Å². The SMILES string of the molecule is CCCCC=CCCCCCCCC(=O)O.[Nd]. The van der Waals surface area contributed by atoms with E-state index in [1.54, 1.807) is 0 Å². The van der Waals surface area contributed by atoms with E-state index in [1.807, 2.05) is 0 Å². The van der Waals surface area contributed by atoms with Gasteiger partial charge >= 0.3 is 5.97 Å². The fourth-order valence-corrected chi connectivity index (χ4v) is 1.63. The summed E-state index contributed by atoms with van der Waals surface area (Å²) in [6.07, 6.45) is 15.4. The Hall–Kier alpha value is 0.561. The summed E-state index contributed by atoms with van der Waals surface area (Å²) in [5, 5.41) is 8.45. The molecule has 0 atom stereocenters. The molecule has 0 radical (unpaired) electrons. The van der Waals surface area contributed by atoms with Crippen molar-refractivity contribution in [3.63, 3.8) is 0 Å². The first-order valence-corrected chi connectivity index (χ1v) is 6.64. The zero-order valence-electron chi connectivity index (χ0n) is 11.1. The minimum Gasteiger partial charge on any atom is -0.481 e. The molecule has 0 saturated carbocycles. The molecule has 0 aliphatic rings. The molecule has 0 aromatic carbocycles. The molecule has 17 heavy (non-hydrogen) atoms. The van der Waals surface area contributed by atoms with Gasteiger partial charge in [0.15, 0.2) is 0 Å². The van der Waals surface area contributed by atoms with E-state index in [2.05, 4.69) is 19.1 Å². The minimum atomic E-state index is -0.668. The summed E-state index contributed by atoms with van der Waals surface area (Å²) in [5.41, 5.74) is 0. The third-order valence-corrected chi connectivity index (χ3v) is 2.65. The van der Waals surface area contributed by atoms with Crippen LogP contribution < -0.4 is 0 Å². The van der Waals surface area contributed by atoms with E-state index >= 15 is 0 Å². The molecule has 98 valence electrons. The summed E-state index contributed by atoms with van der Waals surface area (Å²) in [6, 6.07) is 0. The Balaban J connectivity index is 0. The van der Waals surface area contributed by atoms with Gasteiger partial charge in [-0.15, -0.1) is 0 Å². The van der Waals surface area contributed by atoms with Gasteiger partial charge in [-0.3, -0.25) is 4.79 Å². The molecule has 0 unspecified atom stereocenters. The maximum Gasteiger partial charge on any atom is 0.303 e. The summed E-state index contributed by atoms with van der Waals surface area (Å²) >= 11 is 0. The maximum atomic E-state index is 10.3. The van der Waals surface area contributed by atoms with E-state index in [9.17, 15) is 4.79 Å². The molecule has 2 nitrogen and oxygen atoms in total. The van der Waals surface area contributed by atoms with Gasteiger partial charge in [0.05, 0.1) is 0 Å². The topological polar surface area (TPSA) is 37.3 Å². The maximum absolute atomic E-state index is 10.3. The van der Waals surface area contributed by atoms with Crippen LogP contribution in [-0.2, 0) is 4.79 Å². The number of allylic oxidation sites excluding steroid dienone is 2. The number of aliphatic carboxylic acids is 1. The molecule has 0 amide bonds. The molecule has 0 bridgehead atoms. The van der Waals surface area contributed by atoms with Crippen LogP contribution in [0.15, 0.2) is 12.2 Å². The Morgan fingerprint density at radius 1 is 0.941 bits per heavy atom. The van der Waals surface area contributed by atoms with E-state index in [0.717, 1.165) is 12.8 Å². The van der Waals surface area contributed by atoms with Gasteiger partial charge in [0.2, 0.25) is 0 Å². The molecular formula is C14H26NdO2. The second kappa shape index (κ2) is 16.6. The molecule has 1 N–H and O–H groups in total. The van der Waals surface area contributed by atoms with Crippen LogP contribution in [0, 0.1) is 40.8 Å². The summed E-state index contributed by atoms with van der Waals surface area (Å²) < 4.78 is 0. The summed E-state index contributed by atoms with van der Waals surface area (Å²) in [5.74, 6) is -0.668. The van der Waals surface area contributed by atoms with Crippen molar-refractivity contribution in [3.05, 3.63) is 12.2 Å². The van der Waals surface area contributed by atoms with Crippen LogP contribution in [0.3, 0.4) is 0 Å². The van der Waals surface area contributed by atoms with E-state index in [1.165, 1.54) is 44.9 Å². The largest absolute Gasteiger partial charge is 0.481 e. The summed E-state index contributed by atoms with van der Waals surface area (Å²) in [4.78, 5) is 10.3. The first-order chi connectivity index (χ1) is 7.77. The van der Waals surface area contributed by atoms with Gasteiger partial charge in [-0.1, -0.05) is 51.2 Å². The molecule has 0 aromatic heterocycles. The number of carbonyl (C=O) groups is 1. The predicted molar refractivity (Wildman–Crippen MR) is 68.6 cm³/mol. The molecule has 0 spiro atoms. The molecule has 0 fully saturated rings. The number of carboxylic acid groups (broad SMARTS) is 1. The van der Waals surface area contributed by atoms with Crippen molar-refractivity contribution in [3.8, 4) is 0 Å². The molecule has 0 heterocycles. The number of unbranched alkanes of at least 4 members (excludes halogenated alkanes) is 7. The van der Waals surface area contributed by atoms with Gasteiger partial charge in [0, 0.05) is 47.3 Å². The number of hydrogen-bond donors (Lipinski definition) is 1. The first kappa shape index (κ1) is 19.9. The van der Waals surface area contributed by atoms with Crippen molar-refractivity contribution in [2.75, 3.05) is 0 Å². The van der Waals surface area contributed by atoms with Crippen LogP contribution in [0.25, 0.3) is 0 Å². The zero-order valence-corrected chi connectivity index (χ0v) is 14.3. The normalized spacial score (nSPS) is 10.4. The fourth-order valence-electron chi connectivity index (χ4n) is 1.63. The van der Waals surface area contributed by atoms with Crippen LogP contribution in [0.2, 0.25) is 0 Å². The first-order valence-electron chi connectivity index (χ1n) is 6.64. The molecule has 0 aliphatic carbocycles. The molecular weight excluding hydrogens is 344 g/mol. The zero-order chi connectivity index (χ0) is 12.1. The Kier molecular flexibility index (Phi) is 19.4. The van der Waals surface area contributed by atoms with Crippen LogP contribution in [-0.4, -0.2) is 11.1 Å². The van der Waals surface area contributed by atoms with E-state index < -0.39 is 5.97 Å². The smallest absolute Gasteiger partial charge is 0.303 e. The summed E-state index contributed by atoms with van der Waals surface area (Å²) in [7, 11) is 0. The van der Waals surface area contributed by atoms with Crippen LogP contribution in [0.4, 0.5) is 0 Å². The average molecular weight is 371 g/mol. The van der Waals surface area contributed by atoms with E-state index in [4.69, 9.17) is 5.11 Å². The molecule has 3 heteroatoms. The Labute approximate surface area is 139 Å². The standard InChI is InChI=1S/C14H26O2.Nd/c1-2-3-4-5-6-7-8-9-10-11-12-13-14(15)16;/h5-6H,2-4,7-13H2,1H3,(H,15,16);. The molecule has 0 aromatic rings. The third kappa shape index (κ3) is 19.1. The van der Waals surface area contributed by atoms with Gasteiger partial charge < -0.3 is 5.11 Å². The second-order valence-corrected chi connectivity index (χ2v) is 4.31. The number of carboxylic acids is 1. The van der Waals surface area contributed by atoms with Crippen molar-refractivity contribution < 1.29 is 50.7 Å². The van der Waals surface area contributed by atoms with Gasteiger partial charge in [0.25, 0.3) is 0 Å². The second-order valence-electron chi connectivity index (χ2n) is 4.31. The van der Waals surface area contributed by atoms with E-state index in [0.29, 0.717) is 6.42 Å². The van der Waals surface area contributed by atoms with Gasteiger partial charge in [-0.25, -0.2) is 0 Å².